The number of benzene rings is 2. The number of carbonyl (C=O) groups is 1. The van der Waals surface area contributed by atoms with Gasteiger partial charge in [-0.2, -0.15) is 4.31 Å². The number of likely N-dealkylation sites (N-methyl/N-ethyl adjacent to an activating group) is 1. The predicted molar refractivity (Wildman–Crippen MR) is 106 cm³/mol. The van der Waals surface area contributed by atoms with Crippen LogP contribution in [0.15, 0.2) is 53.4 Å². The molecule has 150 valence electrons. The fourth-order valence-corrected chi connectivity index (χ4v) is 4.70. The van der Waals surface area contributed by atoms with Gasteiger partial charge >= 0.3 is 0 Å². The average Bonchev–Trinajstić information content (AvgIpc) is 2.70. The number of carbonyl (C=O) groups excluding carboxylic acids is 1. The maximum absolute atomic E-state index is 13.3. The van der Waals surface area contributed by atoms with E-state index in [4.69, 9.17) is 11.6 Å². The molecule has 3 rings (SSSR count). The van der Waals surface area contributed by atoms with Crippen molar-refractivity contribution in [3.63, 3.8) is 0 Å². The SMILES string of the molecule is CN(C(=O)CN1CCN(S(=O)(=O)c2ccc(F)c(Cl)c2)CC1)c1ccccc1. The Bertz CT molecular complexity index is 948. The minimum atomic E-state index is -3.75. The van der Waals surface area contributed by atoms with Gasteiger partial charge in [-0.15, -0.1) is 0 Å². The molecule has 1 aliphatic rings. The Balaban J connectivity index is 1.59. The zero-order chi connectivity index (χ0) is 20.3. The summed E-state index contributed by atoms with van der Waals surface area (Å²) >= 11 is 5.71. The molecule has 2 aromatic rings. The summed E-state index contributed by atoms with van der Waals surface area (Å²) in [6.07, 6.45) is 0. The van der Waals surface area contributed by atoms with E-state index in [0.29, 0.717) is 13.1 Å². The van der Waals surface area contributed by atoms with Crippen molar-refractivity contribution >= 4 is 33.2 Å². The number of piperazine rings is 1. The van der Waals surface area contributed by atoms with E-state index in [1.54, 1.807) is 11.9 Å². The summed E-state index contributed by atoms with van der Waals surface area (Å²) in [6, 6.07) is 12.7. The van der Waals surface area contributed by atoms with Gasteiger partial charge in [0.1, 0.15) is 5.82 Å². The monoisotopic (exact) mass is 425 g/mol. The second-order valence-electron chi connectivity index (χ2n) is 6.54. The van der Waals surface area contributed by atoms with Crippen molar-refractivity contribution < 1.29 is 17.6 Å². The van der Waals surface area contributed by atoms with E-state index in [0.717, 1.165) is 17.8 Å². The van der Waals surface area contributed by atoms with Crippen molar-refractivity contribution in [3.8, 4) is 0 Å². The van der Waals surface area contributed by atoms with Gasteiger partial charge in [0, 0.05) is 38.9 Å². The van der Waals surface area contributed by atoms with Crippen molar-refractivity contribution in [3.05, 3.63) is 59.4 Å². The predicted octanol–water partition coefficient (Wildman–Crippen LogP) is 2.45. The number of anilines is 1. The first-order valence-electron chi connectivity index (χ1n) is 8.78. The Morgan fingerprint density at radius 2 is 1.75 bits per heavy atom. The average molecular weight is 426 g/mol. The van der Waals surface area contributed by atoms with E-state index in [-0.39, 0.29) is 35.5 Å². The van der Waals surface area contributed by atoms with Crippen LogP contribution in [0.4, 0.5) is 10.1 Å². The van der Waals surface area contributed by atoms with Gasteiger partial charge in [-0.1, -0.05) is 29.8 Å². The molecule has 0 N–H and O–H groups in total. The van der Waals surface area contributed by atoms with Crippen LogP contribution in [0.2, 0.25) is 5.02 Å². The summed E-state index contributed by atoms with van der Waals surface area (Å²) < 4.78 is 40.1. The molecule has 1 fully saturated rings. The Labute approximate surface area is 169 Å². The molecule has 0 saturated carbocycles. The lowest BCUT2D eigenvalue weighted by Gasteiger charge is -2.34. The number of halogens is 2. The number of sulfonamides is 1. The summed E-state index contributed by atoms with van der Waals surface area (Å²) in [4.78, 5) is 16.0. The van der Waals surface area contributed by atoms with E-state index in [2.05, 4.69) is 0 Å². The molecule has 0 atom stereocenters. The Kier molecular flexibility index (Phi) is 6.34. The van der Waals surface area contributed by atoms with Crippen LogP contribution in [-0.4, -0.2) is 63.3 Å². The van der Waals surface area contributed by atoms with E-state index >= 15 is 0 Å². The lowest BCUT2D eigenvalue weighted by atomic mass is 10.3. The molecule has 0 unspecified atom stereocenters. The van der Waals surface area contributed by atoms with Gasteiger partial charge in [-0.05, 0) is 30.3 Å². The van der Waals surface area contributed by atoms with E-state index in [9.17, 15) is 17.6 Å². The lowest BCUT2D eigenvalue weighted by Crippen LogP contribution is -2.51. The lowest BCUT2D eigenvalue weighted by molar-refractivity contribution is -0.119. The number of para-hydroxylation sites is 1. The molecule has 1 saturated heterocycles. The summed E-state index contributed by atoms with van der Waals surface area (Å²) in [5.74, 6) is -0.723. The maximum Gasteiger partial charge on any atom is 0.243 e. The topological polar surface area (TPSA) is 60.9 Å². The fourth-order valence-electron chi connectivity index (χ4n) is 3.01. The van der Waals surface area contributed by atoms with Crippen molar-refractivity contribution in [2.75, 3.05) is 44.7 Å². The maximum atomic E-state index is 13.3. The van der Waals surface area contributed by atoms with Crippen molar-refractivity contribution in [1.29, 1.82) is 0 Å². The molecule has 0 aliphatic carbocycles. The van der Waals surface area contributed by atoms with Crippen LogP contribution in [0, 0.1) is 5.82 Å². The molecule has 0 radical (unpaired) electrons. The molecule has 28 heavy (non-hydrogen) atoms. The zero-order valence-electron chi connectivity index (χ0n) is 15.4. The first-order chi connectivity index (χ1) is 13.3. The first kappa shape index (κ1) is 20.7. The van der Waals surface area contributed by atoms with Gasteiger partial charge in [-0.3, -0.25) is 9.69 Å². The quantitative estimate of drug-likeness (QED) is 0.738. The van der Waals surface area contributed by atoms with Gasteiger partial charge in [0.05, 0.1) is 16.5 Å². The van der Waals surface area contributed by atoms with Gasteiger partial charge in [-0.25, -0.2) is 12.8 Å². The van der Waals surface area contributed by atoms with Gasteiger partial charge < -0.3 is 4.90 Å². The van der Waals surface area contributed by atoms with Crippen LogP contribution >= 0.6 is 11.6 Å². The molecule has 9 heteroatoms. The number of amides is 1. The fraction of sp³-hybridized carbons (Fsp3) is 0.316. The molecule has 1 amide bonds. The highest BCUT2D eigenvalue weighted by Crippen LogP contribution is 2.23. The van der Waals surface area contributed by atoms with Crippen LogP contribution < -0.4 is 4.90 Å². The molecule has 0 bridgehead atoms. The molecule has 6 nitrogen and oxygen atoms in total. The largest absolute Gasteiger partial charge is 0.314 e. The molecule has 1 aliphatic heterocycles. The molecule has 0 spiro atoms. The smallest absolute Gasteiger partial charge is 0.243 e. The van der Waals surface area contributed by atoms with Gasteiger partial charge in [0.25, 0.3) is 0 Å². The van der Waals surface area contributed by atoms with Crippen LogP contribution in [0.25, 0.3) is 0 Å². The normalized spacial score (nSPS) is 16.1. The molecule has 1 heterocycles. The Morgan fingerprint density at radius 1 is 1.11 bits per heavy atom. The van der Waals surface area contributed by atoms with Crippen molar-refractivity contribution in [2.45, 2.75) is 4.90 Å². The molecule has 0 aromatic heterocycles. The minimum Gasteiger partial charge on any atom is -0.314 e. The molecular weight excluding hydrogens is 405 g/mol. The zero-order valence-corrected chi connectivity index (χ0v) is 17.0. The third kappa shape index (κ3) is 4.52. The van der Waals surface area contributed by atoms with Crippen LogP contribution in [-0.2, 0) is 14.8 Å². The van der Waals surface area contributed by atoms with Crippen molar-refractivity contribution in [2.24, 2.45) is 0 Å². The number of rotatable bonds is 5. The standard InChI is InChI=1S/C19H21ClFN3O3S/c1-22(15-5-3-2-4-6-15)19(25)14-23-9-11-24(12-10-23)28(26,27)16-7-8-18(21)17(20)13-16/h2-8,13H,9-12,14H2,1H3. The summed E-state index contributed by atoms with van der Waals surface area (Å²) in [7, 11) is -2.03. The highest BCUT2D eigenvalue weighted by atomic mass is 35.5. The summed E-state index contributed by atoms with van der Waals surface area (Å²) in [5.41, 5.74) is 0.807. The van der Waals surface area contributed by atoms with Crippen LogP contribution in [0.3, 0.4) is 0 Å². The first-order valence-corrected chi connectivity index (χ1v) is 10.6. The second kappa shape index (κ2) is 8.57. The van der Waals surface area contributed by atoms with Crippen molar-refractivity contribution in [1.82, 2.24) is 9.21 Å². The van der Waals surface area contributed by atoms with Gasteiger partial charge in [0.2, 0.25) is 15.9 Å². The number of nitrogens with zero attached hydrogens (tertiary/aromatic N) is 3. The molecule has 2 aromatic carbocycles. The minimum absolute atomic E-state index is 0.0350. The summed E-state index contributed by atoms with van der Waals surface area (Å²) in [6.45, 7) is 1.58. The van der Waals surface area contributed by atoms with E-state index in [1.165, 1.54) is 10.4 Å². The highest BCUT2D eigenvalue weighted by molar-refractivity contribution is 7.89. The Hall–Kier alpha value is -2.00. The van der Waals surface area contributed by atoms with Gasteiger partial charge in [0.15, 0.2) is 0 Å². The highest BCUT2D eigenvalue weighted by Gasteiger charge is 2.30. The third-order valence-corrected chi connectivity index (χ3v) is 6.92. The van der Waals surface area contributed by atoms with Crippen LogP contribution in [0.5, 0.6) is 0 Å². The second-order valence-corrected chi connectivity index (χ2v) is 8.89. The summed E-state index contributed by atoms with van der Waals surface area (Å²) in [5, 5.41) is -0.228. The number of hydrogen-bond donors (Lipinski definition) is 0. The van der Waals surface area contributed by atoms with E-state index < -0.39 is 15.8 Å². The van der Waals surface area contributed by atoms with E-state index in [1.807, 2.05) is 35.2 Å². The van der Waals surface area contributed by atoms with Crippen LogP contribution in [0.1, 0.15) is 0 Å². The Morgan fingerprint density at radius 3 is 2.36 bits per heavy atom. The number of hydrogen-bond acceptors (Lipinski definition) is 4. The molecular formula is C19H21ClFN3O3S. The third-order valence-electron chi connectivity index (χ3n) is 4.74.